The van der Waals surface area contributed by atoms with Crippen molar-refractivity contribution >= 4 is 22.3 Å². The van der Waals surface area contributed by atoms with Crippen molar-refractivity contribution < 1.29 is 17.7 Å². The van der Waals surface area contributed by atoms with Crippen LogP contribution in [0.25, 0.3) is 22.2 Å². The number of halogens is 3. The molecule has 0 aliphatic carbocycles. The van der Waals surface area contributed by atoms with Gasteiger partial charge in [-0.25, -0.2) is 0 Å². The molecule has 108 valence electrons. The Bertz CT molecular complexity index is 801. The third-order valence-electron chi connectivity index (χ3n) is 3.14. The van der Waals surface area contributed by atoms with Gasteiger partial charge in [-0.3, -0.25) is 0 Å². The summed E-state index contributed by atoms with van der Waals surface area (Å²) >= 11 is 0. The number of nitrogens with zero attached hydrogens (tertiary/aromatic N) is 1. The first-order valence-electron chi connectivity index (χ1n) is 5.99. The van der Waals surface area contributed by atoms with Crippen LogP contribution in [-0.4, -0.2) is 5.16 Å². The van der Waals surface area contributed by atoms with E-state index in [9.17, 15) is 13.2 Å². The maximum Gasteiger partial charge on any atom is 0.416 e. The molecule has 2 aromatic carbocycles. The molecule has 0 atom stereocenters. The smallest absolute Gasteiger partial charge is 0.398 e. The summed E-state index contributed by atoms with van der Waals surface area (Å²) < 4.78 is 43.3. The van der Waals surface area contributed by atoms with Crippen LogP contribution < -0.4 is 11.5 Å². The zero-order chi connectivity index (χ0) is 15.2. The molecule has 1 aromatic heterocycles. The minimum absolute atomic E-state index is 0.0959. The number of anilines is 2. The molecule has 0 unspecified atom stereocenters. The van der Waals surface area contributed by atoms with Crippen LogP contribution in [0.5, 0.6) is 0 Å². The van der Waals surface area contributed by atoms with Crippen LogP contribution >= 0.6 is 0 Å². The Labute approximate surface area is 117 Å². The number of nitrogen functional groups attached to an aromatic ring is 2. The molecule has 3 aromatic rings. The van der Waals surface area contributed by atoms with Crippen molar-refractivity contribution in [3.05, 3.63) is 42.0 Å². The quantitative estimate of drug-likeness (QED) is 0.671. The van der Waals surface area contributed by atoms with Gasteiger partial charge in [-0.2, -0.15) is 13.2 Å². The van der Waals surface area contributed by atoms with Crippen molar-refractivity contribution in [2.75, 3.05) is 11.5 Å². The van der Waals surface area contributed by atoms with E-state index in [2.05, 4.69) is 5.16 Å². The van der Waals surface area contributed by atoms with Crippen molar-refractivity contribution in [1.82, 2.24) is 5.16 Å². The maximum absolute atomic E-state index is 12.7. The summed E-state index contributed by atoms with van der Waals surface area (Å²) in [5, 5.41) is 4.50. The van der Waals surface area contributed by atoms with E-state index in [1.807, 2.05) is 0 Å². The molecule has 0 saturated heterocycles. The molecule has 21 heavy (non-hydrogen) atoms. The van der Waals surface area contributed by atoms with Gasteiger partial charge in [-0.05, 0) is 24.3 Å². The minimum Gasteiger partial charge on any atom is -0.398 e. The number of hydrogen-bond acceptors (Lipinski definition) is 4. The minimum atomic E-state index is -4.51. The lowest BCUT2D eigenvalue weighted by Gasteiger charge is -2.12. The molecule has 1 heterocycles. The zero-order valence-corrected chi connectivity index (χ0v) is 10.6. The zero-order valence-electron chi connectivity index (χ0n) is 10.6. The van der Waals surface area contributed by atoms with Gasteiger partial charge >= 0.3 is 6.18 Å². The fourth-order valence-corrected chi connectivity index (χ4v) is 2.19. The number of aromatic nitrogens is 1. The van der Waals surface area contributed by atoms with E-state index < -0.39 is 11.7 Å². The molecule has 4 N–H and O–H groups in total. The average Bonchev–Trinajstić information content (AvgIpc) is 2.81. The van der Waals surface area contributed by atoms with Crippen molar-refractivity contribution in [3.8, 4) is 11.3 Å². The number of alkyl halides is 3. The Morgan fingerprint density at radius 2 is 1.62 bits per heavy atom. The molecule has 0 amide bonds. The number of para-hydroxylation sites is 1. The van der Waals surface area contributed by atoms with Crippen LogP contribution in [0.15, 0.2) is 40.9 Å². The first-order chi connectivity index (χ1) is 9.88. The van der Waals surface area contributed by atoms with Gasteiger partial charge in [0.15, 0.2) is 5.58 Å². The predicted molar refractivity (Wildman–Crippen MR) is 73.3 cm³/mol. The molecule has 4 nitrogen and oxygen atoms in total. The SMILES string of the molecule is Nc1cc(C(F)(F)F)cc(N)c1-c1noc2ccccc12. The molecule has 0 aliphatic heterocycles. The summed E-state index contributed by atoms with van der Waals surface area (Å²) in [4.78, 5) is 0. The summed E-state index contributed by atoms with van der Waals surface area (Å²) in [5.74, 6) is 0. The molecule has 7 heteroatoms. The maximum atomic E-state index is 12.7. The average molecular weight is 293 g/mol. The molecule has 0 radical (unpaired) electrons. The standard InChI is InChI=1S/C14H10F3N3O/c15-14(16,17)7-5-9(18)12(10(19)6-7)13-8-3-1-2-4-11(8)21-20-13/h1-6H,18-19H2. The lowest BCUT2D eigenvalue weighted by molar-refractivity contribution is -0.137. The molecule has 0 aliphatic rings. The van der Waals surface area contributed by atoms with E-state index in [4.69, 9.17) is 16.0 Å². The van der Waals surface area contributed by atoms with Crippen molar-refractivity contribution in [3.63, 3.8) is 0 Å². The molecule has 0 spiro atoms. The summed E-state index contributed by atoms with van der Waals surface area (Å²) in [6.45, 7) is 0. The highest BCUT2D eigenvalue weighted by Crippen LogP contribution is 2.40. The second kappa shape index (κ2) is 4.41. The van der Waals surface area contributed by atoms with Gasteiger partial charge in [0, 0.05) is 16.8 Å². The van der Waals surface area contributed by atoms with Gasteiger partial charge in [-0.15, -0.1) is 0 Å². The van der Waals surface area contributed by atoms with Crippen molar-refractivity contribution in [2.45, 2.75) is 6.18 Å². The number of benzene rings is 2. The molecule has 0 saturated carbocycles. The number of hydrogen-bond donors (Lipinski definition) is 2. The molecule has 0 fully saturated rings. The van der Waals surface area contributed by atoms with E-state index in [1.54, 1.807) is 24.3 Å². The van der Waals surface area contributed by atoms with Crippen LogP contribution in [0, 0.1) is 0 Å². The van der Waals surface area contributed by atoms with Gasteiger partial charge in [-0.1, -0.05) is 17.3 Å². The first-order valence-corrected chi connectivity index (χ1v) is 5.99. The monoisotopic (exact) mass is 293 g/mol. The van der Waals surface area contributed by atoms with Gasteiger partial charge in [0.05, 0.1) is 11.1 Å². The lowest BCUT2D eigenvalue weighted by Crippen LogP contribution is -2.08. The highest BCUT2D eigenvalue weighted by molar-refractivity contribution is 5.99. The Balaban J connectivity index is 2.24. The van der Waals surface area contributed by atoms with Crippen LogP contribution in [-0.2, 0) is 6.18 Å². The molecule has 3 rings (SSSR count). The van der Waals surface area contributed by atoms with Crippen LogP contribution in [0.2, 0.25) is 0 Å². The third-order valence-corrected chi connectivity index (χ3v) is 3.14. The van der Waals surface area contributed by atoms with Crippen LogP contribution in [0.4, 0.5) is 24.5 Å². The topological polar surface area (TPSA) is 78.1 Å². The molecular weight excluding hydrogens is 283 g/mol. The van der Waals surface area contributed by atoms with Crippen LogP contribution in [0.1, 0.15) is 5.56 Å². The predicted octanol–water partition coefficient (Wildman–Crippen LogP) is 3.68. The van der Waals surface area contributed by atoms with Crippen molar-refractivity contribution in [2.24, 2.45) is 0 Å². The second-order valence-corrected chi connectivity index (χ2v) is 4.55. The molecule has 0 bridgehead atoms. The number of rotatable bonds is 1. The van der Waals surface area contributed by atoms with Gasteiger partial charge in [0.2, 0.25) is 0 Å². The summed E-state index contributed by atoms with van der Waals surface area (Å²) in [5.41, 5.74) is 11.5. The van der Waals surface area contributed by atoms with E-state index in [0.29, 0.717) is 16.7 Å². The highest BCUT2D eigenvalue weighted by atomic mass is 19.4. The number of fused-ring (bicyclic) bond motifs is 1. The second-order valence-electron chi connectivity index (χ2n) is 4.55. The Morgan fingerprint density at radius 3 is 2.24 bits per heavy atom. The first kappa shape index (κ1) is 13.3. The fraction of sp³-hybridized carbons (Fsp3) is 0.0714. The number of nitrogens with two attached hydrogens (primary N) is 2. The molecular formula is C14H10F3N3O. The summed E-state index contributed by atoms with van der Waals surface area (Å²) in [7, 11) is 0. The van der Waals surface area contributed by atoms with Crippen LogP contribution in [0.3, 0.4) is 0 Å². The Kier molecular flexibility index (Phi) is 2.79. The Hall–Kier alpha value is -2.70. The van der Waals surface area contributed by atoms with Gasteiger partial charge < -0.3 is 16.0 Å². The fourth-order valence-electron chi connectivity index (χ4n) is 2.19. The largest absolute Gasteiger partial charge is 0.416 e. The normalized spacial score (nSPS) is 12.0. The van der Waals surface area contributed by atoms with E-state index in [1.165, 1.54) is 0 Å². The van der Waals surface area contributed by atoms with Gasteiger partial charge in [0.25, 0.3) is 0 Å². The van der Waals surface area contributed by atoms with E-state index in [-0.39, 0.29) is 16.9 Å². The van der Waals surface area contributed by atoms with E-state index >= 15 is 0 Å². The summed E-state index contributed by atoms with van der Waals surface area (Å²) in [6.07, 6.45) is -4.51. The highest BCUT2D eigenvalue weighted by Gasteiger charge is 2.32. The Morgan fingerprint density at radius 1 is 1.00 bits per heavy atom. The van der Waals surface area contributed by atoms with Crippen molar-refractivity contribution in [1.29, 1.82) is 0 Å². The van der Waals surface area contributed by atoms with E-state index in [0.717, 1.165) is 12.1 Å². The van der Waals surface area contributed by atoms with Gasteiger partial charge in [0.1, 0.15) is 5.69 Å². The lowest BCUT2D eigenvalue weighted by atomic mass is 10.0. The summed E-state index contributed by atoms with van der Waals surface area (Å²) in [6, 6.07) is 8.64. The third kappa shape index (κ3) is 2.16.